The minimum Gasteiger partial charge on any atom is -0.449 e. The van der Waals surface area contributed by atoms with Crippen LogP contribution in [0.1, 0.15) is 33.6 Å². The average Bonchev–Trinajstić information content (AvgIpc) is 2.72. The summed E-state index contributed by atoms with van der Waals surface area (Å²) in [6.45, 7) is 5.93. The number of nitrogens with zero attached hydrogens (tertiary/aromatic N) is 2. The van der Waals surface area contributed by atoms with Crippen molar-refractivity contribution in [2.24, 2.45) is 0 Å². The van der Waals surface area contributed by atoms with Crippen molar-refractivity contribution in [3.63, 3.8) is 0 Å². The molecule has 0 aliphatic carbocycles. The summed E-state index contributed by atoms with van der Waals surface area (Å²) >= 11 is 0. The second-order valence-electron chi connectivity index (χ2n) is 5.13. The van der Waals surface area contributed by atoms with Gasteiger partial charge in [-0.2, -0.15) is 0 Å². The van der Waals surface area contributed by atoms with Crippen molar-refractivity contribution in [1.82, 2.24) is 9.96 Å². The van der Waals surface area contributed by atoms with E-state index in [0.717, 1.165) is 17.9 Å². The van der Waals surface area contributed by atoms with Crippen LogP contribution in [0.15, 0.2) is 0 Å². The number of ether oxygens (including phenoxy) is 2. The fourth-order valence-electron chi connectivity index (χ4n) is 2.00. The molecule has 116 valence electrons. The molecular weight excluding hydrogens is 264 g/mol. The molecule has 0 spiro atoms. The van der Waals surface area contributed by atoms with Crippen molar-refractivity contribution in [2.75, 3.05) is 27.4 Å². The van der Waals surface area contributed by atoms with Crippen molar-refractivity contribution in [3.05, 3.63) is 0 Å². The zero-order chi connectivity index (χ0) is 15.3. The van der Waals surface area contributed by atoms with E-state index in [1.807, 2.05) is 6.92 Å². The minimum atomic E-state index is -0.877. The molecule has 0 aromatic carbocycles. The number of rotatable bonds is 5. The van der Waals surface area contributed by atoms with Crippen molar-refractivity contribution in [3.8, 4) is 0 Å². The summed E-state index contributed by atoms with van der Waals surface area (Å²) in [5.74, 6) is -0.342. The van der Waals surface area contributed by atoms with Crippen LogP contribution in [0.2, 0.25) is 0 Å². The average molecular weight is 288 g/mol. The fourth-order valence-corrected chi connectivity index (χ4v) is 2.00. The van der Waals surface area contributed by atoms with Crippen LogP contribution >= 0.6 is 0 Å². The molecule has 0 N–H and O–H groups in total. The molecule has 1 heterocycles. The Balaban J connectivity index is 2.80. The number of carbonyl (C=O) groups excluding carboxylic acids is 2. The molecule has 0 aromatic rings. The molecule has 7 heteroatoms. The number of hydroxylamine groups is 2. The van der Waals surface area contributed by atoms with Gasteiger partial charge in [-0.1, -0.05) is 13.3 Å². The smallest absolute Gasteiger partial charge is 0.412 e. The van der Waals surface area contributed by atoms with Gasteiger partial charge in [-0.15, -0.1) is 0 Å². The van der Waals surface area contributed by atoms with Crippen LogP contribution in [0.25, 0.3) is 0 Å². The zero-order valence-corrected chi connectivity index (χ0v) is 12.8. The highest BCUT2D eigenvalue weighted by Gasteiger charge is 2.49. The van der Waals surface area contributed by atoms with E-state index >= 15 is 0 Å². The van der Waals surface area contributed by atoms with Gasteiger partial charge in [0, 0.05) is 7.05 Å². The lowest BCUT2D eigenvalue weighted by molar-refractivity contribution is -0.173. The van der Waals surface area contributed by atoms with E-state index in [9.17, 15) is 9.59 Å². The summed E-state index contributed by atoms with van der Waals surface area (Å²) in [4.78, 5) is 30.6. The van der Waals surface area contributed by atoms with E-state index in [-0.39, 0.29) is 12.5 Å². The van der Waals surface area contributed by atoms with E-state index < -0.39 is 17.9 Å². The highest BCUT2D eigenvalue weighted by atomic mass is 16.7. The lowest BCUT2D eigenvalue weighted by atomic mass is 10.2. The van der Waals surface area contributed by atoms with E-state index in [2.05, 4.69) is 0 Å². The number of amides is 2. The molecule has 1 aliphatic rings. The predicted octanol–water partition coefficient (Wildman–Crippen LogP) is 1.38. The molecule has 7 nitrogen and oxygen atoms in total. The molecule has 20 heavy (non-hydrogen) atoms. The Morgan fingerprint density at radius 1 is 1.45 bits per heavy atom. The van der Waals surface area contributed by atoms with Crippen LogP contribution in [-0.4, -0.2) is 61.1 Å². The van der Waals surface area contributed by atoms with Crippen molar-refractivity contribution in [2.45, 2.75) is 45.4 Å². The number of carbonyl (C=O) groups is 2. The van der Waals surface area contributed by atoms with Crippen LogP contribution in [-0.2, 0) is 19.1 Å². The Hall–Kier alpha value is -1.34. The number of unbranched alkanes of at least 4 members (excludes halogenated alkanes) is 1. The van der Waals surface area contributed by atoms with Crippen molar-refractivity contribution >= 4 is 12.0 Å². The summed E-state index contributed by atoms with van der Waals surface area (Å²) in [5, 5.41) is 1.09. The third kappa shape index (κ3) is 3.61. The monoisotopic (exact) mass is 288 g/mol. The molecule has 0 bridgehead atoms. The van der Waals surface area contributed by atoms with Crippen LogP contribution in [0.4, 0.5) is 4.79 Å². The summed E-state index contributed by atoms with van der Waals surface area (Å²) in [6.07, 6.45) is 1.18. The van der Waals surface area contributed by atoms with Crippen molar-refractivity contribution in [1.29, 1.82) is 0 Å². The highest BCUT2D eigenvalue weighted by molar-refractivity contribution is 5.85. The van der Waals surface area contributed by atoms with Gasteiger partial charge in [0.25, 0.3) is 5.91 Å². The normalized spacial score (nSPS) is 20.9. The summed E-state index contributed by atoms with van der Waals surface area (Å²) in [5.41, 5.74) is -0.877. The summed E-state index contributed by atoms with van der Waals surface area (Å²) in [7, 11) is 2.89. The second-order valence-corrected chi connectivity index (χ2v) is 5.13. The van der Waals surface area contributed by atoms with Crippen molar-refractivity contribution < 1.29 is 23.9 Å². The summed E-state index contributed by atoms with van der Waals surface area (Å²) in [6, 6.07) is -0.732. The highest BCUT2D eigenvalue weighted by Crippen LogP contribution is 2.29. The lowest BCUT2D eigenvalue weighted by Gasteiger charge is -2.32. The third-order valence-corrected chi connectivity index (χ3v) is 3.28. The van der Waals surface area contributed by atoms with Crippen LogP contribution in [0.5, 0.6) is 0 Å². The molecular formula is C13H24N2O5. The van der Waals surface area contributed by atoms with Gasteiger partial charge in [0.1, 0.15) is 11.8 Å². The molecule has 1 saturated heterocycles. The van der Waals surface area contributed by atoms with Gasteiger partial charge in [-0.05, 0) is 20.3 Å². The predicted molar refractivity (Wildman–Crippen MR) is 71.7 cm³/mol. The van der Waals surface area contributed by atoms with Gasteiger partial charge >= 0.3 is 6.09 Å². The number of hydrogen-bond acceptors (Lipinski definition) is 5. The van der Waals surface area contributed by atoms with E-state index in [1.54, 1.807) is 13.8 Å². The first-order valence-corrected chi connectivity index (χ1v) is 6.76. The molecule has 1 unspecified atom stereocenters. The molecule has 1 fully saturated rings. The van der Waals surface area contributed by atoms with Gasteiger partial charge < -0.3 is 9.47 Å². The first-order chi connectivity index (χ1) is 9.35. The second kappa shape index (κ2) is 6.90. The number of likely N-dealkylation sites (N-methyl/N-ethyl adjacent to an activating group) is 1. The third-order valence-electron chi connectivity index (χ3n) is 3.28. The molecule has 1 atom stereocenters. The standard InChI is InChI=1S/C13H24N2O5/c1-6-7-8-19-12(17)15-10(9-20-13(15,2)3)11(16)14(4)18-5/h10H,6-9H2,1-5H3. The van der Waals surface area contributed by atoms with Crippen LogP contribution in [0.3, 0.4) is 0 Å². The molecule has 0 radical (unpaired) electrons. The van der Waals surface area contributed by atoms with Gasteiger partial charge in [0.15, 0.2) is 0 Å². The Morgan fingerprint density at radius 2 is 2.10 bits per heavy atom. The van der Waals surface area contributed by atoms with Crippen LogP contribution < -0.4 is 0 Å². The zero-order valence-electron chi connectivity index (χ0n) is 12.8. The van der Waals surface area contributed by atoms with E-state index in [1.165, 1.54) is 19.1 Å². The SMILES string of the molecule is CCCCOC(=O)N1C(C(=O)N(C)OC)COC1(C)C. The Morgan fingerprint density at radius 3 is 2.65 bits per heavy atom. The van der Waals surface area contributed by atoms with Crippen LogP contribution in [0, 0.1) is 0 Å². The Labute approximate surface area is 119 Å². The van der Waals surface area contributed by atoms with Gasteiger partial charge in [0.2, 0.25) is 0 Å². The maximum absolute atomic E-state index is 12.2. The Bertz CT molecular complexity index is 359. The molecule has 1 aliphatic heterocycles. The topological polar surface area (TPSA) is 68.3 Å². The number of hydrogen-bond donors (Lipinski definition) is 0. The first kappa shape index (κ1) is 16.7. The van der Waals surface area contributed by atoms with Gasteiger partial charge in [0.05, 0.1) is 20.3 Å². The van der Waals surface area contributed by atoms with Gasteiger partial charge in [-0.3, -0.25) is 14.5 Å². The van der Waals surface area contributed by atoms with E-state index in [0.29, 0.717) is 6.61 Å². The largest absolute Gasteiger partial charge is 0.449 e. The maximum atomic E-state index is 12.2. The first-order valence-electron chi connectivity index (χ1n) is 6.76. The quantitative estimate of drug-likeness (QED) is 0.564. The lowest BCUT2D eigenvalue weighted by Crippen LogP contribution is -2.53. The molecule has 0 aromatic heterocycles. The van der Waals surface area contributed by atoms with Gasteiger partial charge in [-0.25, -0.2) is 9.86 Å². The molecule has 0 saturated carbocycles. The fraction of sp³-hybridized carbons (Fsp3) is 0.846. The maximum Gasteiger partial charge on any atom is 0.412 e. The van der Waals surface area contributed by atoms with E-state index in [4.69, 9.17) is 14.3 Å². The summed E-state index contributed by atoms with van der Waals surface area (Å²) < 4.78 is 10.7. The minimum absolute atomic E-state index is 0.127. The molecule has 2 amide bonds. The molecule has 1 rings (SSSR count). The Kier molecular flexibility index (Phi) is 5.76.